The third kappa shape index (κ3) is 8.38. The van der Waals surface area contributed by atoms with Crippen LogP contribution in [0.4, 0.5) is 0 Å². The van der Waals surface area contributed by atoms with Gasteiger partial charge in [0.15, 0.2) is 0 Å². The van der Waals surface area contributed by atoms with E-state index in [0.29, 0.717) is 19.4 Å². The van der Waals surface area contributed by atoms with E-state index < -0.39 is 12.0 Å². The van der Waals surface area contributed by atoms with Gasteiger partial charge in [-0.1, -0.05) is 0 Å². The van der Waals surface area contributed by atoms with Crippen LogP contribution < -0.4 is 16.2 Å². The van der Waals surface area contributed by atoms with E-state index in [1.165, 1.54) is 0 Å². The van der Waals surface area contributed by atoms with Crippen molar-refractivity contribution in [3.63, 3.8) is 0 Å². The lowest BCUT2D eigenvalue weighted by atomic mass is 10.1. The van der Waals surface area contributed by atoms with E-state index >= 15 is 0 Å². The number of carboxylic acid groups (broad SMARTS) is 1. The maximum atomic E-state index is 11.0. The molecule has 1 aromatic carbocycles. The monoisotopic (exact) mass is 294 g/mol. The summed E-state index contributed by atoms with van der Waals surface area (Å²) in [5.41, 5.74) is 10.6. The zero-order valence-electron chi connectivity index (χ0n) is 12.0. The lowest BCUT2D eigenvalue weighted by Gasteiger charge is -2.06. The van der Waals surface area contributed by atoms with Gasteiger partial charge in [0, 0.05) is 6.21 Å². The predicted octanol–water partition coefficient (Wildman–Crippen LogP) is 0.858. The fourth-order valence-electron chi connectivity index (χ4n) is 1.44. The summed E-state index contributed by atoms with van der Waals surface area (Å²) >= 11 is 0. The molecule has 0 fully saturated rings. The average molecular weight is 294 g/mol. The fourth-order valence-corrected chi connectivity index (χ4v) is 1.44. The molecule has 7 nitrogen and oxygen atoms in total. The van der Waals surface area contributed by atoms with Gasteiger partial charge >= 0.3 is 5.97 Å². The van der Waals surface area contributed by atoms with Gasteiger partial charge in [0.2, 0.25) is 0 Å². The van der Waals surface area contributed by atoms with Crippen LogP contribution in [0.5, 0.6) is 5.75 Å². The summed E-state index contributed by atoms with van der Waals surface area (Å²) in [5.74, 6) is -0.168. The Kier molecular flexibility index (Phi) is 10.1. The summed E-state index contributed by atoms with van der Waals surface area (Å²) in [7, 11) is 1.59. The number of carbonyl (C=O) groups is 1. The van der Waals surface area contributed by atoms with Crippen LogP contribution in [0.1, 0.15) is 18.4 Å². The van der Waals surface area contributed by atoms with Crippen molar-refractivity contribution in [1.82, 2.24) is 0 Å². The molecule has 1 aromatic rings. The minimum atomic E-state index is -0.923. The van der Waals surface area contributed by atoms with Crippen LogP contribution in [0.15, 0.2) is 29.3 Å². The molecule has 0 aliphatic carbocycles. The lowest BCUT2D eigenvalue weighted by Crippen LogP contribution is -2.19. The van der Waals surface area contributed by atoms with E-state index in [4.69, 9.17) is 21.0 Å². The zero-order valence-corrected chi connectivity index (χ0v) is 12.0. The van der Waals surface area contributed by atoms with Crippen LogP contribution in [0, 0.1) is 5.41 Å². The second-order valence-electron chi connectivity index (χ2n) is 4.00. The van der Waals surface area contributed by atoms with Gasteiger partial charge in [-0.3, -0.25) is 10.4 Å². The lowest BCUT2D eigenvalue weighted by molar-refractivity contribution is -0.138. The highest BCUT2D eigenvalue weighted by Gasteiger charge is 2.13. The van der Waals surface area contributed by atoms with Crippen LogP contribution in [0.2, 0.25) is 0 Å². The Morgan fingerprint density at radius 2 is 2.05 bits per heavy atom. The minimum absolute atomic E-state index is 0.457. The topological polar surface area (TPSA) is 135 Å². The molecule has 0 aliphatic rings. The maximum Gasteiger partial charge on any atom is 0.328 e. The highest BCUT2D eigenvalue weighted by atomic mass is 16.5. The number of methoxy groups -OCH3 is 1. The standard InChI is InChI=1S/C13H18N2O3.CH4N2/c1-18-11-6-4-10(5-7-11)9-15-12(13(16)17)3-2-8-14;2-1-3/h4-7,9,12H,2-3,8,14H2,1H3,(H,16,17);1H,(H3,2,3). The van der Waals surface area contributed by atoms with Crippen LogP contribution in [0.3, 0.4) is 0 Å². The molecule has 0 radical (unpaired) electrons. The van der Waals surface area contributed by atoms with Crippen molar-refractivity contribution in [3.05, 3.63) is 29.8 Å². The smallest absolute Gasteiger partial charge is 0.328 e. The number of benzene rings is 1. The molecular formula is C14H22N4O3. The summed E-state index contributed by atoms with van der Waals surface area (Å²) in [5, 5.41) is 14.8. The van der Waals surface area contributed by atoms with E-state index in [2.05, 4.69) is 10.7 Å². The largest absolute Gasteiger partial charge is 0.497 e. The molecule has 1 rings (SSSR count). The summed E-state index contributed by atoms with van der Waals surface area (Å²) in [6.07, 6.45) is 3.42. The summed E-state index contributed by atoms with van der Waals surface area (Å²) < 4.78 is 5.03. The number of rotatable bonds is 7. The molecule has 7 heteroatoms. The second-order valence-corrected chi connectivity index (χ2v) is 4.00. The van der Waals surface area contributed by atoms with Crippen LogP contribution in [0.25, 0.3) is 0 Å². The van der Waals surface area contributed by atoms with E-state index in [9.17, 15) is 4.79 Å². The highest BCUT2D eigenvalue weighted by molar-refractivity contribution is 5.83. The number of nitrogens with two attached hydrogens (primary N) is 2. The fraction of sp³-hybridized carbons (Fsp3) is 0.357. The molecule has 21 heavy (non-hydrogen) atoms. The first-order chi connectivity index (χ1) is 10.1. The molecule has 116 valence electrons. The second kappa shape index (κ2) is 11.4. The molecule has 0 saturated carbocycles. The quantitative estimate of drug-likeness (QED) is 0.437. The Bertz CT molecular complexity index is 446. The molecule has 0 heterocycles. The molecule has 1 atom stereocenters. The molecule has 0 spiro atoms. The van der Waals surface area contributed by atoms with Gasteiger partial charge in [0.25, 0.3) is 0 Å². The number of nitrogens with one attached hydrogen (secondary N) is 1. The molecular weight excluding hydrogens is 272 g/mol. The Morgan fingerprint density at radius 1 is 1.48 bits per heavy atom. The van der Waals surface area contributed by atoms with Gasteiger partial charge in [-0.25, -0.2) is 4.79 Å². The Morgan fingerprint density at radius 3 is 2.48 bits per heavy atom. The normalized spacial score (nSPS) is 11.3. The van der Waals surface area contributed by atoms with Gasteiger partial charge in [0.1, 0.15) is 11.8 Å². The van der Waals surface area contributed by atoms with E-state index in [0.717, 1.165) is 17.7 Å². The van der Waals surface area contributed by atoms with Crippen molar-refractivity contribution in [1.29, 1.82) is 5.41 Å². The van der Waals surface area contributed by atoms with Gasteiger partial charge in [-0.2, -0.15) is 0 Å². The Balaban J connectivity index is 0.00000122. The summed E-state index contributed by atoms with van der Waals surface area (Å²) in [6, 6.07) is 6.53. The highest BCUT2D eigenvalue weighted by Crippen LogP contribution is 2.10. The van der Waals surface area contributed by atoms with Crippen molar-refractivity contribution in [2.45, 2.75) is 18.9 Å². The number of carboxylic acids is 1. The van der Waals surface area contributed by atoms with Crippen molar-refractivity contribution in [2.24, 2.45) is 16.5 Å². The van der Waals surface area contributed by atoms with Gasteiger partial charge in [0.05, 0.1) is 13.4 Å². The van der Waals surface area contributed by atoms with Crippen molar-refractivity contribution >= 4 is 18.5 Å². The molecule has 1 unspecified atom stereocenters. The number of hydrogen-bond acceptors (Lipinski definition) is 5. The van der Waals surface area contributed by atoms with Crippen molar-refractivity contribution in [3.8, 4) is 5.75 Å². The molecule has 0 aromatic heterocycles. The van der Waals surface area contributed by atoms with Gasteiger partial charge in [-0.15, -0.1) is 0 Å². The molecule has 6 N–H and O–H groups in total. The summed E-state index contributed by atoms with van der Waals surface area (Å²) in [4.78, 5) is 15.0. The molecule has 0 bridgehead atoms. The number of ether oxygens (including phenoxy) is 1. The molecule has 0 aliphatic heterocycles. The maximum absolute atomic E-state index is 11.0. The third-order valence-corrected chi connectivity index (χ3v) is 2.49. The number of aliphatic carboxylic acids is 1. The van der Waals surface area contributed by atoms with Crippen molar-refractivity contribution < 1.29 is 14.6 Å². The minimum Gasteiger partial charge on any atom is -0.497 e. The average Bonchev–Trinajstić information content (AvgIpc) is 2.48. The van der Waals surface area contributed by atoms with E-state index in [1.54, 1.807) is 25.5 Å². The van der Waals surface area contributed by atoms with Crippen LogP contribution >= 0.6 is 0 Å². The number of nitrogens with zero attached hydrogens (tertiary/aromatic N) is 1. The van der Waals surface area contributed by atoms with Gasteiger partial charge in [-0.05, 0) is 49.2 Å². The van der Waals surface area contributed by atoms with E-state index in [-0.39, 0.29) is 0 Å². The Labute approximate surface area is 124 Å². The number of aliphatic imine (C=N–C) groups is 1. The van der Waals surface area contributed by atoms with Crippen LogP contribution in [-0.2, 0) is 4.79 Å². The Hall–Kier alpha value is -2.41. The third-order valence-electron chi connectivity index (χ3n) is 2.49. The SMILES string of the molecule is COc1ccc(C=NC(CCCN)C(=O)O)cc1.N=CN. The molecule has 0 saturated heterocycles. The predicted molar refractivity (Wildman–Crippen MR) is 83.3 cm³/mol. The van der Waals surface area contributed by atoms with Crippen molar-refractivity contribution in [2.75, 3.05) is 13.7 Å². The van der Waals surface area contributed by atoms with Crippen LogP contribution in [-0.4, -0.2) is 43.3 Å². The van der Waals surface area contributed by atoms with E-state index in [1.807, 2.05) is 12.1 Å². The molecule has 0 amide bonds. The van der Waals surface area contributed by atoms with Gasteiger partial charge < -0.3 is 21.3 Å². The first-order valence-electron chi connectivity index (χ1n) is 6.39. The summed E-state index contributed by atoms with van der Waals surface area (Å²) in [6.45, 7) is 0.474. The first-order valence-corrected chi connectivity index (χ1v) is 6.39. The first kappa shape index (κ1) is 18.6. The number of hydrogen-bond donors (Lipinski definition) is 4. The zero-order chi connectivity index (χ0) is 16.1.